The highest BCUT2D eigenvalue weighted by Crippen LogP contribution is 2.17. The van der Waals surface area contributed by atoms with Crippen LogP contribution in [0.25, 0.3) is 11.7 Å². The zero-order valence-electron chi connectivity index (χ0n) is 13.9. The van der Waals surface area contributed by atoms with Crippen LogP contribution in [0.5, 0.6) is 5.75 Å². The van der Waals surface area contributed by atoms with Gasteiger partial charge in [0.05, 0.1) is 12.8 Å². The van der Waals surface area contributed by atoms with Crippen LogP contribution >= 0.6 is 0 Å². The summed E-state index contributed by atoms with van der Waals surface area (Å²) in [6, 6.07) is 9.94. The summed E-state index contributed by atoms with van der Waals surface area (Å²) in [6.07, 6.45) is 0.464. The molecule has 26 heavy (non-hydrogen) atoms. The fraction of sp³-hybridized carbons (Fsp3) is 0.235. The molecule has 1 amide bonds. The van der Waals surface area contributed by atoms with Crippen molar-refractivity contribution in [2.45, 2.75) is 19.6 Å². The Morgan fingerprint density at radius 1 is 1.35 bits per heavy atom. The first-order valence-corrected chi connectivity index (χ1v) is 7.81. The lowest BCUT2D eigenvalue weighted by atomic mass is 10.3. The van der Waals surface area contributed by atoms with E-state index in [-0.39, 0.29) is 24.9 Å². The van der Waals surface area contributed by atoms with Gasteiger partial charge in [-0.1, -0.05) is 0 Å². The molecule has 0 fully saturated rings. The van der Waals surface area contributed by atoms with Gasteiger partial charge in [0.15, 0.2) is 5.76 Å². The second-order valence-electron chi connectivity index (χ2n) is 5.50. The average Bonchev–Trinajstić information content (AvgIpc) is 3.24. The van der Waals surface area contributed by atoms with Gasteiger partial charge in [0.1, 0.15) is 18.5 Å². The molecule has 1 atom stereocenters. The van der Waals surface area contributed by atoms with E-state index in [2.05, 4.69) is 10.4 Å². The molecule has 3 aromatic rings. The van der Waals surface area contributed by atoms with E-state index >= 15 is 0 Å². The van der Waals surface area contributed by atoms with E-state index in [9.17, 15) is 14.7 Å². The van der Waals surface area contributed by atoms with Gasteiger partial charge in [-0.15, -0.1) is 5.10 Å². The Morgan fingerprint density at radius 2 is 2.12 bits per heavy atom. The molecule has 136 valence electrons. The van der Waals surface area contributed by atoms with E-state index in [1.165, 1.54) is 13.2 Å². The van der Waals surface area contributed by atoms with E-state index in [1.807, 2.05) is 0 Å². The van der Waals surface area contributed by atoms with Gasteiger partial charge in [0.25, 0.3) is 5.89 Å². The summed E-state index contributed by atoms with van der Waals surface area (Å²) in [5, 5.41) is 16.7. The van der Waals surface area contributed by atoms with Crippen LogP contribution in [0.2, 0.25) is 0 Å². The zero-order valence-corrected chi connectivity index (χ0v) is 13.9. The smallest absolute Gasteiger partial charge is 0.437 e. The standard InChI is InChI=1S/C17H17N3O6/c1-11(21)18-12-4-6-14(7-5-12)25-10-13(22)9-20-17(23)26-16(19-20)15-3-2-8-24-15/h2-8,13,22H,9-10H2,1H3,(H,18,21)/t13-/m0/s1. The fourth-order valence-electron chi connectivity index (χ4n) is 2.20. The molecule has 0 radical (unpaired) electrons. The van der Waals surface area contributed by atoms with Crippen molar-refractivity contribution in [3.8, 4) is 17.4 Å². The van der Waals surface area contributed by atoms with Crippen molar-refractivity contribution in [1.82, 2.24) is 9.78 Å². The number of benzene rings is 1. The summed E-state index contributed by atoms with van der Waals surface area (Å²) in [7, 11) is 0. The summed E-state index contributed by atoms with van der Waals surface area (Å²) in [4.78, 5) is 22.7. The molecular weight excluding hydrogens is 342 g/mol. The molecule has 0 aliphatic heterocycles. The first kappa shape index (κ1) is 17.5. The first-order chi connectivity index (χ1) is 12.5. The number of carbonyl (C=O) groups is 1. The number of amides is 1. The minimum Gasteiger partial charge on any atom is -0.491 e. The second-order valence-corrected chi connectivity index (χ2v) is 5.50. The molecule has 0 aliphatic rings. The number of aliphatic hydroxyl groups is 1. The van der Waals surface area contributed by atoms with Crippen molar-refractivity contribution in [2.75, 3.05) is 11.9 Å². The molecule has 0 aliphatic carbocycles. The van der Waals surface area contributed by atoms with Crippen LogP contribution in [0.15, 0.2) is 56.3 Å². The lowest BCUT2D eigenvalue weighted by molar-refractivity contribution is -0.114. The van der Waals surface area contributed by atoms with Gasteiger partial charge in [0.2, 0.25) is 5.91 Å². The molecule has 9 nitrogen and oxygen atoms in total. The van der Waals surface area contributed by atoms with Gasteiger partial charge in [-0.25, -0.2) is 4.79 Å². The zero-order chi connectivity index (χ0) is 18.5. The number of nitrogens with one attached hydrogen (secondary N) is 1. The SMILES string of the molecule is CC(=O)Nc1ccc(OC[C@@H](O)Cn2nc(-c3ccco3)oc2=O)cc1. The van der Waals surface area contributed by atoms with Crippen LogP contribution in [0.4, 0.5) is 5.69 Å². The topological polar surface area (TPSA) is 120 Å². The van der Waals surface area contributed by atoms with Crippen LogP contribution in [-0.2, 0) is 11.3 Å². The molecule has 0 bridgehead atoms. The third-order valence-electron chi connectivity index (χ3n) is 3.34. The molecule has 0 unspecified atom stereocenters. The third kappa shape index (κ3) is 4.39. The number of aromatic nitrogens is 2. The number of nitrogens with zero attached hydrogens (tertiary/aromatic N) is 2. The summed E-state index contributed by atoms with van der Waals surface area (Å²) in [6.45, 7) is 1.28. The van der Waals surface area contributed by atoms with Gasteiger partial charge in [-0.05, 0) is 36.4 Å². The van der Waals surface area contributed by atoms with E-state index in [4.69, 9.17) is 13.6 Å². The van der Waals surface area contributed by atoms with Crippen molar-refractivity contribution in [2.24, 2.45) is 0 Å². The Labute approximate surface area is 147 Å². The third-order valence-corrected chi connectivity index (χ3v) is 3.34. The van der Waals surface area contributed by atoms with Crippen molar-refractivity contribution in [3.63, 3.8) is 0 Å². The molecule has 9 heteroatoms. The molecule has 2 aromatic heterocycles. The number of ether oxygens (including phenoxy) is 1. The van der Waals surface area contributed by atoms with Gasteiger partial charge in [-0.3, -0.25) is 4.79 Å². The molecule has 0 saturated heterocycles. The van der Waals surface area contributed by atoms with E-state index < -0.39 is 11.9 Å². The molecule has 2 N–H and O–H groups in total. The van der Waals surface area contributed by atoms with Crippen molar-refractivity contribution < 1.29 is 23.5 Å². The minimum absolute atomic E-state index is 0.0432. The van der Waals surface area contributed by atoms with Crippen LogP contribution in [0.1, 0.15) is 6.92 Å². The van der Waals surface area contributed by atoms with Crippen LogP contribution in [-0.4, -0.2) is 33.5 Å². The van der Waals surface area contributed by atoms with Crippen LogP contribution < -0.4 is 15.8 Å². The lowest BCUT2D eigenvalue weighted by Crippen LogP contribution is -2.29. The predicted molar refractivity (Wildman–Crippen MR) is 90.7 cm³/mol. The number of carbonyl (C=O) groups excluding carboxylic acids is 1. The van der Waals surface area contributed by atoms with Crippen LogP contribution in [0.3, 0.4) is 0 Å². The lowest BCUT2D eigenvalue weighted by Gasteiger charge is -2.12. The van der Waals surface area contributed by atoms with Gasteiger partial charge >= 0.3 is 5.76 Å². The van der Waals surface area contributed by atoms with E-state index in [1.54, 1.807) is 36.4 Å². The highest BCUT2D eigenvalue weighted by molar-refractivity contribution is 5.88. The number of aliphatic hydroxyl groups excluding tert-OH is 1. The van der Waals surface area contributed by atoms with Gasteiger partial charge in [0, 0.05) is 12.6 Å². The second kappa shape index (κ2) is 7.70. The highest BCUT2D eigenvalue weighted by Gasteiger charge is 2.15. The number of furan rings is 1. The fourth-order valence-corrected chi connectivity index (χ4v) is 2.20. The van der Waals surface area contributed by atoms with Crippen molar-refractivity contribution in [1.29, 1.82) is 0 Å². The van der Waals surface area contributed by atoms with Crippen LogP contribution in [0, 0.1) is 0 Å². The quantitative estimate of drug-likeness (QED) is 0.656. The number of rotatable bonds is 7. The molecule has 2 heterocycles. The molecule has 0 saturated carbocycles. The van der Waals surface area contributed by atoms with E-state index in [0.717, 1.165) is 4.68 Å². The summed E-state index contributed by atoms with van der Waals surface area (Å²) in [5.41, 5.74) is 0.644. The Hall–Kier alpha value is -3.33. The normalized spacial score (nSPS) is 11.9. The monoisotopic (exact) mass is 359 g/mol. The van der Waals surface area contributed by atoms with Crippen molar-refractivity contribution >= 4 is 11.6 Å². The number of hydrogen-bond acceptors (Lipinski definition) is 7. The Kier molecular flexibility index (Phi) is 5.18. The summed E-state index contributed by atoms with van der Waals surface area (Å²) in [5.74, 6) is 0.0191. The largest absolute Gasteiger partial charge is 0.491 e. The Balaban J connectivity index is 1.55. The summed E-state index contributed by atoms with van der Waals surface area (Å²) >= 11 is 0. The minimum atomic E-state index is -0.975. The maximum absolute atomic E-state index is 11.8. The van der Waals surface area contributed by atoms with Gasteiger partial charge < -0.3 is 24.0 Å². The Bertz CT molecular complexity index is 911. The maximum atomic E-state index is 11.8. The van der Waals surface area contributed by atoms with E-state index in [0.29, 0.717) is 17.2 Å². The summed E-state index contributed by atoms with van der Waals surface area (Å²) < 4.78 is 16.6. The first-order valence-electron chi connectivity index (χ1n) is 7.81. The average molecular weight is 359 g/mol. The maximum Gasteiger partial charge on any atom is 0.437 e. The molecule has 1 aromatic carbocycles. The molecule has 0 spiro atoms. The van der Waals surface area contributed by atoms with Gasteiger partial charge in [-0.2, -0.15) is 4.68 Å². The highest BCUT2D eigenvalue weighted by atomic mass is 16.5. The predicted octanol–water partition coefficient (Wildman–Crippen LogP) is 1.49. The Morgan fingerprint density at radius 3 is 2.77 bits per heavy atom. The number of hydrogen-bond donors (Lipinski definition) is 2. The molecule has 3 rings (SSSR count). The number of anilines is 1. The molecular formula is C17H17N3O6. The van der Waals surface area contributed by atoms with Crippen molar-refractivity contribution in [3.05, 3.63) is 53.2 Å².